The van der Waals surface area contributed by atoms with Gasteiger partial charge in [0.2, 0.25) is 5.95 Å². The minimum absolute atomic E-state index is 0.00274. The lowest BCUT2D eigenvalue weighted by atomic mass is 10.2. The molecule has 3 rings (SSSR count). The Morgan fingerprint density at radius 3 is 2.64 bits per heavy atom. The largest absolute Gasteiger partial charge is 0.394 e. The fourth-order valence-electron chi connectivity index (χ4n) is 2.23. The van der Waals surface area contributed by atoms with Gasteiger partial charge >= 0.3 is 0 Å². The van der Waals surface area contributed by atoms with Gasteiger partial charge in [0.25, 0.3) is 0 Å². The van der Waals surface area contributed by atoms with E-state index in [2.05, 4.69) is 41.5 Å². The van der Waals surface area contributed by atoms with E-state index >= 15 is 0 Å². The summed E-state index contributed by atoms with van der Waals surface area (Å²) in [6.45, 7) is 1.86. The van der Waals surface area contributed by atoms with Crippen molar-refractivity contribution < 1.29 is 5.11 Å². The minimum Gasteiger partial charge on any atom is -0.394 e. The highest BCUT2D eigenvalue weighted by atomic mass is 79.9. The number of hydrogen-bond donors (Lipinski definition) is 3. The molecule has 0 saturated heterocycles. The summed E-state index contributed by atoms with van der Waals surface area (Å²) < 4.78 is 0.980. The van der Waals surface area contributed by atoms with Crippen LogP contribution in [0.3, 0.4) is 0 Å². The van der Waals surface area contributed by atoms with Crippen molar-refractivity contribution in [1.29, 1.82) is 0 Å². The fourth-order valence-corrected chi connectivity index (χ4v) is 2.63. The summed E-state index contributed by atoms with van der Waals surface area (Å²) in [6, 6.07) is 13.4. The molecule has 3 N–H and O–H groups in total. The molecule has 2 heterocycles. The molecule has 25 heavy (non-hydrogen) atoms. The number of aromatic nitrogens is 3. The maximum Gasteiger partial charge on any atom is 0.225 e. The molecular formula is C18H18BrN5O. The van der Waals surface area contributed by atoms with Gasteiger partial charge in [-0.15, -0.1) is 0 Å². The average Bonchev–Trinajstić information content (AvgIpc) is 2.62. The molecule has 128 valence electrons. The van der Waals surface area contributed by atoms with Crippen LogP contribution in [0.2, 0.25) is 0 Å². The summed E-state index contributed by atoms with van der Waals surface area (Å²) in [5.74, 6) is 1.11. The summed E-state index contributed by atoms with van der Waals surface area (Å²) in [5.41, 5.74) is 2.62. The first-order chi connectivity index (χ1) is 12.1. The molecule has 7 heteroatoms. The van der Waals surface area contributed by atoms with Crippen LogP contribution in [0.1, 0.15) is 6.92 Å². The van der Waals surface area contributed by atoms with E-state index in [0.29, 0.717) is 11.8 Å². The van der Waals surface area contributed by atoms with Crippen LogP contribution < -0.4 is 10.6 Å². The number of nitrogens with one attached hydrogen (secondary N) is 2. The number of rotatable bonds is 6. The predicted octanol–water partition coefficient (Wildman–Crippen LogP) is 3.84. The molecule has 0 radical (unpaired) electrons. The van der Waals surface area contributed by atoms with E-state index in [0.717, 1.165) is 21.4 Å². The molecule has 0 bridgehead atoms. The Balaban J connectivity index is 1.97. The summed E-state index contributed by atoms with van der Waals surface area (Å²) in [6.07, 6.45) is 3.45. The van der Waals surface area contributed by atoms with Crippen molar-refractivity contribution in [3.8, 4) is 11.3 Å². The van der Waals surface area contributed by atoms with Crippen LogP contribution in [0, 0.1) is 0 Å². The SMILES string of the molecule is C[C@H](CO)Nc1nc(Nc2cccc(Br)c2)cc(-c2ccncc2)n1. The van der Waals surface area contributed by atoms with Crippen LogP contribution >= 0.6 is 15.9 Å². The molecule has 0 amide bonds. The van der Waals surface area contributed by atoms with E-state index in [-0.39, 0.29) is 12.6 Å². The zero-order valence-electron chi connectivity index (χ0n) is 13.6. The van der Waals surface area contributed by atoms with E-state index in [4.69, 9.17) is 0 Å². The topological polar surface area (TPSA) is 83.0 Å². The number of benzene rings is 1. The molecule has 0 spiro atoms. The molecule has 0 aliphatic rings. The zero-order valence-corrected chi connectivity index (χ0v) is 15.2. The zero-order chi connectivity index (χ0) is 17.6. The van der Waals surface area contributed by atoms with E-state index < -0.39 is 0 Å². The third-order valence-electron chi connectivity index (χ3n) is 3.45. The minimum atomic E-state index is -0.147. The molecule has 0 unspecified atom stereocenters. The molecule has 1 aromatic carbocycles. The van der Waals surface area contributed by atoms with Gasteiger partial charge in [0.15, 0.2) is 0 Å². The van der Waals surface area contributed by atoms with Gasteiger partial charge in [-0.1, -0.05) is 22.0 Å². The maximum atomic E-state index is 9.27. The number of halogens is 1. The highest BCUT2D eigenvalue weighted by Crippen LogP contribution is 2.24. The van der Waals surface area contributed by atoms with Crippen LogP contribution in [0.25, 0.3) is 11.3 Å². The van der Waals surface area contributed by atoms with Gasteiger partial charge in [-0.05, 0) is 37.3 Å². The van der Waals surface area contributed by atoms with Gasteiger partial charge in [-0.25, -0.2) is 4.98 Å². The van der Waals surface area contributed by atoms with Crippen LogP contribution in [-0.2, 0) is 0 Å². The lowest BCUT2D eigenvalue weighted by Gasteiger charge is -2.14. The number of pyridine rings is 1. The lowest BCUT2D eigenvalue weighted by molar-refractivity contribution is 0.281. The van der Waals surface area contributed by atoms with Crippen molar-refractivity contribution in [3.05, 3.63) is 59.3 Å². The Labute approximate surface area is 154 Å². The van der Waals surface area contributed by atoms with E-state index in [9.17, 15) is 5.11 Å². The highest BCUT2D eigenvalue weighted by Gasteiger charge is 2.09. The maximum absolute atomic E-state index is 9.27. The Morgan fingerprint density at radius 2 is 1.92 bits per heavy atom. The first-order valence-electron chi connectivity index (χ1n) is 7.83. The molecule has 0 aliphatic carbocycles. The van der Waals surface area contributed by atoms with Gasteiger partial charge in [-0.2, -0.15) is 4.98 Å². The first kappa shape index (κ1) is 17.3. The number of aliphatic hydroxyl groups is 1. The summed E-state index contributed by atoms with van der Waals surface area (Å²) in [4.78, 5) is 13.1. The molecule has 1 atom stereocenters. The Hall–Kier alpha value is -2.51. The molecule has 6 nitrogen and oxygen atoms in total. The highest BCUT2D eigenvalue weighted by molar-refractivity contribution is 9.10. The van der Waals surface area contributed by atoms with E-state index in [1.54, 1.807) is 12.4 Å². The van der Waals surface area contributed by atoms with E-state index in [1.165, 1.54) is 0 Å². The van der Waals surface area contributed by atoms with Crippen molar-refractivity contribution in [3.63, 3.8) is 0 Å². The summed E-state index contributed by atoms with van der Waals surface area (Å²) >= 11 is 3.46. The fraction of sp³-hybridized carbons (Fsp3) is 0.167. The Bertz CT molecular complexity index is 844. The normalized spacial score (nSPS) is 11.8. The first-order valence-corrected chi connectivity index (χ1v) is 8.63. The summed E-state index contributed by atoms with van der Waals surface area (Å²) in [7, 11) is 0. The lowest BCUT2D eigenvalue weighted by Crippen LogP contribution is -2.21. The smallest absolute Gasteiger partial charge is 0.225 e. The van der Waals surface area contributed by atoms with Crippen molar-refractivity contribution >= 4 is 33.4 Å². The van der Waals surface area contributed by atoms with Crippen molar-refractivity contribution in [2.45, 2.75) is 13.0 Å². The molecule has 0 saturated carbocycles. The van der Waals surface area contributed by atoms with Crippen LogP contribution in [0.5, 0.6) is 0 Å². The quantitative estimate of drug-likeness (QED) is 0.583. The molecule has 2 aromatic heterocycles. The predicted molar refractivity (Wildman–Crippen MR) is 103 cm³/mol. The van der Waals surface area contributed by atoms with Gasteiger partial charge in [0.1, 0.15) is 5.82 Å². The van der Waals surface area contributed by atoms with E-state index in [1.807, 2.05) is 49.4 Å². The van der Waals surface area contributed by atoms with Crippen molar-refractivity contribution in [2.24, 2.45) is 0 Å². The molecule has 0 aliphatic heterocycles. The second-order valence-electron chi connectivity index (χ2n) is 5.56. The number of nitrogens with zero attached hydrogens (tertiary/aromatic N) is 3. The van der Waals surface area contributed by atoms with Crippen LogP contribution in [0.15, 0.2) is 59.3 Å². The second-order valence-corrected chi connectivity index (χ2v) is 6.48. The van der Waals surface area contributed by atoms with Crippen LogP contribution in [-0.4, -0.2) is 32.7 Å². The monoisotopic (exact) mass is 399 g/mol. The van der Waals surface area contributed by atoms with Gasteiger partial charge in [-0.3, -0.25) is 4.98 Å². The van der Waals surface area contributed by atoms with Crippen molar-refractivity contribution in [1.82, 2.24) is 15.0 Å². The summed E-state index contributed by atoms with van der Waals surface area (Å²) in [5, 5.41) is 15.7. The third-order valence-corrected chi connectivity index (χ3v) is 3.94. The van der Waals surface area contributed by atoms with Crippen molar-refractivity contribution in [2.75, 3.05) is 17.2 Å². The number of aliphatic hydroxyl groups excluding tert-OH is 1. The standard InChI is InChI=1S/C18H18BrN5O/c1-12(11-25)21-18-23-16(13-5-7-20-8-6-13)10-17(24-18)22-15-4-2-3-14(19)9-15/h2-10,12,25H,11H2,1H3,(H2,21,22,23,24)/t12-/m1/s1. The molecule has 0 fully saturated rings. The number of anilines is 3. The third kappa shape index (κ3) is 4.74. The Kier molecular flexibility index (Phi) is 5.57. The Morgan fingerprint density at radius 1 is 1.12 bits per heavy atom. The van der Waals surface area contributed by atoms with Gasteiger partial charge in [0, 0.05) is 40.2 Å². The average molecular weight is 400 g/mol. The van der Waals surface area contributed by atoms with Crippen LogP contribution in [0.4, 0.5) is 17.5 Å². The molecule has 3 aromatic rings. The number of hydrogen-bond acceptors (Lipinski definition) is 6. The molecular weight excluding hydrogens is 382 g/mol. The van der Waals surface area contributed by atoms with Gasteiger partial charge < -0.3 is 15.7 Å². The second kappa shape index (κ2) is 8.04. The van der Waals surface area contributed by atoms with Gasteiger partial charge in [0.05, 0.1) is 12.3 Å².